The van der Waals surface area contributed by atoms with Crippen molar-refractivity contribution in [2.75, 3.05) is 13.1 Å². The predicted octanol–water partition coefficient (Wildman–Crippen LogP) is 3.75. The molecule has 0 aliphatic carbocycles. The molecule has 152 valence electrons. The third-order valence-corrected chi connectivity index (χ3v) is 5.38. The van der Waals surface area contributed by atoms with Gasteiger partial charge in [0.1, 0.15) is 5.70 Å². The maximum absolute atomic E-state index is 13.3. The van der Waals surface area contributed by atoms with Crippen molar-refractivity contribution >= 4 is 17.4 Å². The molecule has 1 aliphatic rings. The van der Waals surface area contributed by atoms with Gasteiger partial charge in [-0.05, 0) is 69.9 Å². The molecule has 0 spiro atoms. The highest BCUT2D eigenvalue weighted by Crippen LogP contribution is 2.34. The number of imide groups is 1. The Balaban J connectivity index is 2.05. The second kappa shape index (κ2) is 8.60. The first-order valence-electron chi connectivity index (χ1n) is 10.2. The minimum absolute atomic E-state index is 0.188. The van der Waals surface area contributed by atoms with Gasteiger partial charge in [0.25, 0.3) is 11.8 Å². The molecule has 1 aromatic carbocycles. The largest absolute Gasteiger partial charge is 0.366 e. The summed E-state index contributed by atoms with van der Waals surface area (Å²) in [6.07, 6.45) is 4.33. The van der Waals surface area contributed by atoms with E-state index in [0.717, 1.165) is 28.7 Å². The van der Waals surface area contributed by atoms with Crippen molar-refractivity contribution in [2.45, 2.75) is 47.1 Å². The molecular weight excluding hydrogens is 362 g/mol. The molecule has 0 saturated heterocycles. The minimum Gasteiger partial charge on any atom is -0.366 e. The summed E-state index contributed by atoms with van der Waals surface area (Å²) in [5, 5.41) is 0. The smallest absolute Gasteiger partial charge is 0.278 e. The van der Waals surface area contributed by atoms with Crippen molar-refractivity contribution in [2.24, 2.45) is 0 Å². The Morgan fingerprint density at radius 2 is 1.72 bits per heavy atom. The summed E-state index contributed by atoms with van der Waals surface area (Å²) < 4.78 is 0. The zero-order valence-corrected chi connectivity index (χ0v) is 17.9. The lowest BCUT2D eigenvalue weighted by atomic mass is 9.97. The van der Waals surface area contributed by atoms with Crippen LogP contribution in [0.2, 0.25) is 0 Å². The van der Waals surface area contributed by atoms with E-state index in [2.05, 4.69) is 11.1 Å². The highest BCUT2D eigenvalue weighted by Gasteiger charge is 2.42. The molecule has 2 amide bonds. The Labute approximate surface area is 173 Å². The number of hydrogen-bond acceptors (Lipinski definition) is 4. The summed E-state index contributed by atoms with van der Waals surface area (Å²) in [7, 11) is 0. The third kappa shape index (κ3) is 4.09. The molecule has 29 heavy (non-hydrogen) atoms. The number of carbonyl (C=O) groups is 2. The summed E-state index contributed by atoms with van der Waals surface area (Å²) in [6, 6.07) is 9.79. The van der Waals surface area contributed by atoms with Gasteiger partial charge in [0.05, 0.1) is 5.57 Å². The molecule has 2 heterocycles. The quantitative estimate of drug-likeness (QED) is 0.675. The monoisotopic (exact) mass is 391 g/mol. The second-order valence-electron chi connectivity index (χ2n) is 7.80. The standard InChI is InChI=1S/C24H29N3O2/c1-6-26(14-11-19-9-12-25-13-10-19)22-21(20-8-7-17(4)15-18(20)5)23(28)27(16(2)3)24(22)29/h7-10,12-13,15-16H,6,11,14H2,1-5H3. The Kier molecular flexibility index (Phi) is 6.16. The molecule has 0 radical (unpaired) electrons. The lowest BCUT2D eigenvalue weighted by molar-refractivity contribution is -0.139. The average molecular weight is 392 g/mol. The molecule has 0 bridgehead atoms. The topological polar surface area (TPSA) is 53.5 Å². The van der Waals surface area contributed by atoms with Gasteiger partial charge in [0, 0.05) is 31.5 Å². The SMILES string of the molecule is CCN(CCc1ccncc1)C1=C(c2ccc(C)cc2C)C(=O)N(C(C)C)C1=O. The highest BCUT2D eigenvalue weighted by atomic mass is 16.2. The van der Waals surface area contributed by atoms with Gasteiger partial charge in [-0.25, -0.2) is 0 Å². The van der Waals surface area contributed by atoms with E-state index in [-0.39, 0.29) is 17.9 Å². The summed E-state index contributed by atoms with van der Waals surface area (Å²) >= 11 is 0. The van der Waals surface area contributed by atoms with Crippen LogP contribution < -0.4 is 0 Å². The van der Waals surface area contributed by atoms with Crippen LogP contribution in [0.5, 0.6) is 0 Å². The molecule has 0 atom stereocenters. The van der Waals surface area contributed by atoms with Crippen molar-refractivity contribution in [3.63, 3.8) is 0 Å². The first kappa shape index (κ1) is 20.8. The van der Waals surface area contributed by atoms with E-state index >= 15 is 0 Å². The van der Waals surface area contributed by atoms with E-state index in [4.69, 9.17) is 0 Å². The molecule has 0 unspecified atom stereocenters. The zero-order chi connectivity index (χ0) is 21.1. The van der Waals surface area contributed by atoms with Gasteiger partial charge >= 0.3 is 0 Å². The van der Waals surface area contributed by atoms with E-state index in [1.807, 2.05) is 63.8 Å². The van der Waals surface area contributed by atoms with Gasteiger partial charge in [-0.15, -0.1) is 0 Å². The van der Waals surface area contributed by atoms with Crippen LogP contribution in [-0.4, -0.2) is 45.7 Å². The average Bonchev–Trinajstić information content (AvgIpc) is 2.94. The molecule has 0 saturated carbocycles. The van der Waals surface area contributed by atoms with Gasteiger partial charge in [0.2, 0.25) is 0 Å². The van der Waals surface area contributed by atoms with Crippen LogP contribution in [0, 0.1) is 13.8 Å². The van der Waals surface area contributed by atoms with E-state index in [1.165, 1.54) is 4.90 Å². The number of pyridine rings is 1. The van der Waals surface area contributed by atoms with Gasteiger partial charge in [-0.3, -0.25) is 19.5 Å². The van der Waals surface area contributed by atoms with Crippen LogP contribution in [0.1, 0.15) is 43.0 Å². The number of likely N-dealkylation sites (N-methyl/N-ethyl adjacent to an activating group) is 1. The zero-order valence-electron chi connectivity index (χ0n) is 17.9. The van der Waals surface area contributed by atoms with Crippen LogP contribution in [0.15, 0.2) is 48.4 Å². The van der Waals surface area contributed by atoms with Gasteiger partial charge < -0.3 is 4.90 Å². The number of aromatic nitrogens is 1. The van der Waals surface area contributed by atoms with E-state index in [0.29, 0.717) is 24.4 Å². The maximum Gasteiger partial charge on any atom is 0.278 e. The normalized spacial score (nSPS) is 14.3. The first-order chi connectivity index (χ1) is 13.8. The molecule has 1 aliphatic heterocycles. The van der Waals surface area contributed by atoms with Gasteiger partial charge in [-0.2, -0.15) is 0 Å². The Hall–Kier alpha value is -2.95. The number of hydrogen-bond donors (Lipinski definition) is 0. The van der Waals surface area contributed by atoms with E-state index in [1.54, 1.807) is 12.4 Å². The van der Waals surface area contributed by atoms with Crippen molar-refractivity contribution in [3.8, 4) is 0 Å². The van der Waals surface area contributed by atoms with Crippen LogP contribution in [-0.2, 0) is 16.0 Å². The molecule has 1 aromatic heterocycles. The first-order valence-corrected chi connectivity index (χ1v) is 10.2. The number of nitrogens with zero attached hydrogens (tertiary/aromatic N) is 3. The van der Waals surface area contributed by atoms with Crippen molar-refractivity contribution < 1.29 is 9.59 Å². The Morgan fingerprint density at radius 1 is 1.03 bits per heavy atom. The molecule has 0 fully saturated rings. The Morgan fingerprint density at radius 3 is 2.31 bits per heavy atom. The molecule has 5 heteroatoms. The summed E-state index contributed by atoms with van der Waals surface area (Å²) in [4.78, 5) is 34.1. The fraction of sp³-hybridized carbons (Fsp3) is 0.375. The molecular formula is C24H29N3O2. The number of amides is 2. The van der Waals surface area contributed by atoms with Crippen LogP contribution in [0.25, 0.3) is 5.57 Å². The maximum atomic E-state index is 13.3. The molecule has 3 rings (SSSR count). The van der Waals surface area contributed by atoms with Crippen molar-refractivity contribution in [3.05, 3.63) is 70.7 Å². The summed E-state index contributed by atoms with van der Waals surface area (Å²) in [6.45, 7) is 11.1. The molecule has 0 N–H and O–H groups in total. The van der Waals surface area contributed by atoms with Gasteiger partial charge in [0.15, 0.2) is 0 Å². The number of rotatable bonds is 7. The third-order valence-electron chi connectivity index (χ3n) is 5.38. The van der Waals surface area contributed by atoms with E-state index < -0.39 is 0 Å². The van der Waals surface area contributed by atoms with Crippen LogP contribution in [0.3, 0.4) is 0 Å². The van der Waals surface area contributed by atoms with Crippen molar-refractivity contribution in [1.29, 1.82) is 0 Å². The Bertz CT molecular complexity index is 948. The summed E-state index contributed by atoms with van der Waals surface area (Å²) in [5.41, 5.74) is 5.19. The lowest BCUT2D eigenvalue weighted by Gasteiger charge is -2.25. The van der Waals surface area contributed by atoms with Gasteiger partial charge in [-0.1, -0.05) is 23.8 Å². The minimum atomic E-state index is -0.200. The number of aryl methyl sites for hydroxylation is 2. The fourth-order valence-electron chi connectivity index (χ4n) is 3.88. The summed E-state index contributed by atoms with van der Waals surface area (Å²) in [5.74, 6) is -0.397. The number of benzene rings is 1. The van der Waals surface area contributed by atoms with Crippen LogP contribution in [0.4, 0.5) is 0 Å². The lowest BCUT2D eigenvalue weighted by Crippen LogP contribution is -2.40. The van der Waals surface area contributed by atoms with E-state index in [9.17, 15) is 9.59 Å². The molecule has 5 nitrogen and oxygen atoms in total. The second-order valence-corrected chi connectivity index (χ2v) is 7.80. The molecule has 2 aromatic rings. The number of carbonyl (C=O) groups excluding carboxylic acids is 2. The fourth-order valence-corrected chi connectivity index (χ4v) is 3.88. The predicted molar refractivity (Wildman–Crippen MR) is 115 cm³/mol. The highest BCUT2D eigenvalue weighted by molar-refractivity contribution is 6.35. The van der Waals surface area contributed by atoms with Crippen LogP contribution >= 0.6 is 0 Å². The van der Waals surface area contributed by atoms with Crippen molar-refractivity contribution in [1.82, 2.24) is 14.8 Å².